The first kappa shape index (κ1) is 11.7. The molecule has 0 aromatic carbocycles. The molecule has 0 spiro atoms. The number of thioether (sulfide) groups is 1. The molecule has 4 rings (SSSR count). The number of nitrogens with zero attached hydrogens (tertiary/aromatic N) is 4. The summed E-state index contributed by atoms with van der Waals surface area (Å²) in [6.45, 7) is 0. The number of aromatic nitrogens is 4. The van der Waals surface area contributed by atoms with Crippen molar-refractivity contribution in [3.8, 4) is 0 Å². The van der Waals surface area contributed by atoms with E-state index in [4.69, 9.17) is 4.42 Å². The molecule has 0 atom stereocenters. The van der Waals surface area contributed by atoms with Gasteiger partial charge in [0.15, 0.2) is 4.34 Å². The van der Waals surface area contributed by atoms with E-state index in [0.717, 1.165) is 15.4 Å². The minimum Gasteiger partial charge on any atom is -0.424 e. The Morgan fingerprint density at radius 2 is 2.05 bits per heavy atom. The van der Waals surface area contributed by atoms with Gasteiger partial charge in [-0.05, 0) is 25.7 Å². The highest BCUT2D eigenvalue weighted by atomic mass is 32.2. The Hall–Kier alpha value is -1.15. The highest BCUT2D eigenvalue weighted by Gasteiger charge is 2.29. The van der Waals surface area contributed by atoms with Crippen molar-refractivity contribution in [2.24, 2.45) is 0 Å². The second-order valence-corrected chi connectivity index (χ2v) is 7.09. The molecule has 2 aromatic heterocycles. The number of hydrogen-bond acceptors (Lipinski definition) is 8. The summed E-state index contributed by atoms with van der Waals surface area (Å²) in [6.07, 6.45) is 4.85. The predicted molar refractivity (Wildman–Crippen MR) is 72.4 cm³/mol. The third-order valence-electron chi connectivity index (χ3n) is 3.04. The molecule has 1 N–H and O–H groups in total. The van der Waals surface area contributed by atoms with Crippen LogP contribution in [0.2, 0.25) is 0 Å². The Balaban J connectivity index is 1.33. The Morgan fingerprint density at radius 3 is 2.84 bits per heavy atom. The molecule has 0 bridgehead atoms. The Kier molecular flexibility index (Phi) is 2.92. The van der Waals surface area contributed by atoms with Gasteiger partial charge in [0, 0.05) is 12.0 Å². The molecule has 2 heterocycles. The van der Waals surface area contributed by atoms with Gasteiger partial charge in [0.05, 0.1) is 5.75 Å². The van der Waals surface area contributed by atoms with Crippen molar-refractivity contribution in [2.45, 2.75) is 47.7 Å². The molecule has 100 valence electrons. The van der Waals surface area contributed by atoms with Crippen molar-refractivity contribution >= 4 is 28.2 Å². The van der Waals surface area contributed by atoms with Crippen molar-refractivity contribution in [1.82, 2.24) is 20.4 Å². The zero-order valence-electron chi connectivity index (χ0n) is 10.2. The van der Waals surface area contributed by atoms with Crippen molar-refractivity contribution in [1.29, 1.82) is 0 Å². The maximum absolute atomic E-state index is 5.61. The lowest BCUT2D eigenvalue weighted by Gasteiger charge is -1.94. The van der Waals surface area contributed by atoms with Crippen LogP contribution in [-0.2, 0) is 5.75 Å². The van der Waals surface area contributed by atoms with Crippen LogP contribution in [0.3, 0.4) is 0 Å². The quantitative estimate of drug-likeness (QED) is 0.821. The number of hydrogen-bond donors (Lipinski definition) is 1. The number of anilines is 1. The normalized spacial score (nSPS) is 18.7. The van der Waals surface area contributed by atoms with Gasteiger partial charge in [-0.3, -0.25) is 0 Å². The summed E-state index contributed by atoms with van der Waals surface area (Å²) in [5.74, 6) is 2.66. The van der Waals surface area contributed by atoms with Crippen LogP contribution in [0.1, 0.15) is 43.4 Å². The molecule has 19 heavy (non-hydrogen) atoms. The van der Waals surface area contributed by atoms with Crippen LogP contribution in [0.25, 0.3) is 0 Å². The summed E-state index contributed by atoms with van der Waals surface area (Å²) in [4.78, 5) is 0. The van der Waals surface area contributed by atoms with Gasteiger partial charge < -0.3 is 9.73 Å². The van der Waals surface area contributed by atoms with Crippen LogP contribution in [0.5, 0.6) is 0 Å². The van der Waals surface area contributed by atoms with E-state index in [1.54, 1.807) is 23.1 Å². The zero-order chi connectivity index (χ0) is 12.7. The maximum Gasteiger partial charge on any atom is 0.226 e. The van der Waals surface area contributed by atoms with Crippen LogP contribution >= 0.6 is 23.1 Å². The Morgan fingerprint density at radius 1 is 1.16 bits per heavy atom. The largest absolute Gasteiger partial charge is 0.424 e. The van der Waals surface area contributed by atoms with Gasteiger partial charge in [-0.15, -0.1) is 20.4 Å². The standard InChI is InChI=1S/C11H13N5OS2/c1-2-6(1)9-14-13-8(17-9)5-18-11-16-15-10(19-11)12-7-3-4-7/h6-7H,1-5H2,(H,12,15). The second kappa shape index (κ2) is 4.75. The summed E-state index contributed by atoms with van der Waals surface area (Å²) in [6, 6.07) is 0.614. The lowest BCUT2D eigenvalue weighted by atomic mass is 10.4. The van der Waals surface area contributed by atoms with Gasteiger partial charge in [-0.1, -0.05) is 23.1 Å². The first-order valence-corrected chi connectivity index (χ1v) is 8.22. The predicted octanol–water partition coefficient (Wildman–Crippen LogP) is 2.67. The average Bonchev–Trinajstić information content (AvgIpc) is 3.32. The van der Waals surface area contributed by atoms with Gasteiger partial charge in [0.25, 0.3) is 0 Å². The van der Waals surface area contributed by atoms with Gasteiger partial charge in [0.2, 0.25) is 16.9 Å². The van der Waals surface area contributed by atoms with Gasteiger partial charge >= 0.3 is 0 Å². The van der Waals surface area contributed by atoms with Crippen molar-refractivity contribution < 1.29 is 4.42 Å². The van der Waals surface area contributed by atoms with E-state index in [1.807, 2.05) is 0 Å². The summed E-state index contributed by atoms with van der Waals surface area (Å²) in [5.41, 5.74) is 0. The van der Waals surface area contributed by atoms with E-state index >= 15 is 0 Å². The summed E-state index contributed by atoms with van der Waals surface area (Å²) < 4.78 is 6.55. The third kappa shape index (κ3) is 2.89. The van der Waals surface area contributed by atoms with Crippen molar-refractivity contribution in [3.63, 3.8) is 0 Å². The van der Waals surface area contributed by atoms with Crippen molar-refractivity contribution in [3.05, 3.63) is 11.8 Å². The first-order valence-electron chi connectivity index (χ1n) is 6.42. The fourth-order valence-corrected chi connectivity index (χ4v) is 3.34. The summed E-state index contributed by atoms with van der Waals surface area (Å²) in [5, 5.41) is 20.7. The fourth-order valence-electron chi connectivity index (χ4n) is 1.67. The van der Waals surface area contributed by atoms with Gasteiger partial charge in [-0.25, -0.2) is 0 Å². The van der Waals surface area contributed by atoms with Gasteiger partial charge in [0.1, 0.15) is 0 Å². The maximum atomic E-state index is 5.61. The smallest absolute Gasteiger partial charge is 0.226 e. The average molecular weight is 295 g/mol. The molecule has 2 saturated carbocycles. The van der Waals surface area contributed by atoms with E-state index in [0.29, 0.717) is 23.6 Å². The van der Waals surface area contributed by atoms with E-state index in [2.05, 4.69) is 25.7 Å². The van der Waals surface area contributed by atoms with Crippen LogP contribution in [0.4, 0.5) is 5.13 Å². The molecular weight excluding hydrogens is 282 g/mol. The molecule has 0 unspecified atom stereocenters. The van der Waals surface area contributed by atoms with E-state index < -0.39 is 0 Å². The highest BCUT2D eigenvalue weighted by Crippen LogP contribution is 2.39. The second-order valence-electron chi connectivity index (χ2n) is 4.89. The third-order valence-corrected chi connectivity index (χ3v) is 5.01. The molecule has 6 nitrogen and oxygen atoms in total. The monoisotopic (exact) mass is 295 g/mol. The number of nitrogens with one attached hydrogen (secondary N) is 1. The lowest BCUT2D eigenvalue weighted by molar-refractivity contribution is 0.466. The van der Waals surface area contributed by atoms with Crippen molar-refractivity contribution in [2.75, 3.05) is 5.32 Å². The summed E-state index contributed by atoms with van der Waals surface area (Å²) in [7, 11) is 0. The molecule has 0 amide bonds. The molecular formula is C11H13N5OS2. The molecule has 0 saturated heterocycles. The van der Waals surface area contributed by atoms with Crippen LogP contribution in [-0.4, -0.2) is 26.4 Å². The van der Waals surface area contributed by atoms with E-state index in [1.165, 1.54) is 25.7 Å². The SMILES string of the molecule is C(Sc1nnc(NC2CC2)s1)c1nnc(C2CC2)o1. The molecule has 8 heteroatoms. The highest BCUT2D eigenvalue weighted by molar-refractivity contribution is 8.00. The molecule has 2 aromatic rings. The zero-order valence-corrected chi connectivity index (χ0v) is 11.8. The minimum absolute atomic E-state index is 0.516. The van der Waals surface area contributed by atoms with E-state index in [-0.39, 0.29) is 0 Å². The Bertz CT molecular complexity index is 575. The fraction of sp³-hybridized carbons (Fsp3) is 0.636. The Labute approximate surface area is 118 Å². The molecule has 2 aliphatic carbocycles. The van der Waals surface area contributed by atoms with Gasteiger partial charge in [-0.2, -0.15) is 0 Å². The molecule has 2 aliphatic rings. The van der Waals surface area contributed by atoms with Crippen LogP contribution in [0.15, 0.2) is 8.76 Å². The van der Waals surface area contributed by atoms with Crippen LogP contribution < -0.4 is 5.32 Å². The molecule has 0 aliphatic heterocycles. The van der Waals surface area contributed by atoms with Crippen LogP contribution in [0, 0.1) is 0 Å². The molecule has 0 radical (unpaired) electrons. The van der Waals surface area contributed by atoms with E-state index in [9.17, 15) is 0 Å². The number of rotatable bonds is 6. The summed E-state index contributed by atoms with van der Waals surface area (Å²) >= 11 is 3.18. The first-order chi connectivity index (χ1) is 9.37. The topological polar surface area (TPSA) is 76.7 Å². The molecule has 2 fully saturated rings. The minimum atomic E-state index is 0.516. The lowest BCUT2D eigenvalue weighted by Crippen LogP contribution is -1.99.